The van der Waals surface area contributed by atoms with Gasteiger partial charge >= 0.3 is 0 Å². The fraction of sp³-hybridized carbons (Fsp3) is 0.250. The number of amides is 3. The average molecular weight is 463 g/mol. The van der Waals surface area contributed by atoms with E-state index < -0.39 is 33.6 Å². The summed E-state index contributed by atoms with van der Waals surface area (Å²) in [6.45, 7) is 1.35. The van der Waals surface area contributed by atoms with Crippen molar-refractivity contribution in [2.24, 2.45) is 0 Å². The molecular formula is C20H22N4O5S2. The van der Waals surface area contributed by atoms with Crippen LogP contribution in [0.3, 0.4) is 0 Å². The zero-order valence-electron chi connectivity index (χ0n) is 16.9. The summed E-state index contributed by atoms with van der Waals surface area (Å²) in [5.41, 5.74) is 6.02. The van der Waals surface area contributed by atoms with Crippen LogP contribution in [-0.4, -0.2) is 49.3 Å². The molecule has 0 saturated heterocycles. The molecule has 1 atom stereocenters. The van der Waals surface area contributed by atoms with E-state index in [-0.39, 0.29) is 17.2 Å². The summed E-state index contributed by atoms with van der Waals surface area (Å²) >= 11 is 1.27. The number of carbonyl (C=O) groups is 3. The van der Waals surface area contributed by atoms with Gasteiger partial charge in [-0.05, 0) is 31.2 Å². The Labute approximate surface area is 184 Å². The standard InChI is InChI=1S/C20H22N4O5S2/c1-13-7-9-14(10-8-13)31(28,29)24(2)12-19(26)23-22-18(25)11-17-20(27)21-15-5-3-4-6-16(15)30-17/h3-10,17H,11-12H2,1-2H3,(H,21,27)(H,22,25)(H,23,26). The van der Waals surface area contributed by atoms with Crippen LogP contribution >= 0.6 is 11.8 Å². The number of hydrazine groups is 1. The van der Waals surface area contributed by atoms with Gasteiger partial charge < -0.3 is 5.32 Å². The first-order valence-corrected chi connectivity index (χ1v) is 11.7. The molecule has 0 saturated carbocycles. The number of rotatable bonds is 6. The fourth-order valence-electron chi connectivity index (χ4n) is 2.80. The molecule has 1 unspecified atom stereocenters. The summed E-state index contributed by atoms with van der Waals surface area (Å²) in [5.74, 6) is -1.57. The van der Waals surface area contributed by atoms with E-state index in [9.17, 15) is 22.8 Å². The number of aryl methyl sites for hydroxylation is 1. The molecule has 0 spiro atoms. The molecule has 0 aromatic heterocycles. The molecule has 31 heavy (non-hydrogen) atoms. The first kappa shape index (κ1) is 22.8. The number of thioether (sulfide) groups is 1. The smallest absolute Gasteiger partial charge is 0.253 e. The molecule has 2 aromatic rings. The molecular weight excluding hydrogens is 440 g/mol. The Hall–Kier alpha value is -2.89. The van der Waals surface area contributed by atoms with Crippen molar-refractivity contribution >= 4 is 45.2 Å². The number of anilines is 1. The highest BCUT2D eigenvalue weighted by Gasteiger charge is 2.29. The van der Waals surface area contributed by atoms with E-state index in [0.717, 1.165) is 14.8 Å². The number of nitrogens with zero attached hydrogens (tertiary/aromatic N) is 1. The topological polar surface area (TPSA) is 125 Å². The van der Waals surface area contributed by atoms with Gasteiger partial charge in [-0.15, -0.1) is 11.8 Å². The number of hydrogen-bond donors (Lipinski definition) is 3. The largest absolute Gasteiger partial charge is 0.324 e. The predicted molar refractivity (Wildman–Crippen MR) is 117 cm³/mol. The summed E-state index contributed by atoms with van der Waals surface area (Å²) in [5, 5.41) is 2.10. The van der Waals surface area contributed by atoms with Gasteiger partial charge in [0.05, 0.1) is 22.4 Å². The van der Waals surface area contributed by atoms with Gasteiger partial charge in [-0.1, -0.05) is 29.8 Å². The minimum atomic E-state index is -3.84. The molecule has 2 aromatic carbocycles. The lowest BCUT2D eigenvalue weighted by Gasteiger charge is -2.23. The lowest BCUT2D eigenvalue weighted by Crippen LogP contribution is -2.47. The Bertz CT molecular complexity index is 1100. The molecule has 3 amide bonds. The normalized spacial score (nSPS) is 15.7. The molecule has 1 heterocycles. The second-order valence-corrected chi connectivity index (χ2v) is 10.3. The summed E-state index contributed by atoms with van der Waals surface area (Å²) < 4.78 is 25.9. The maximum Gasteiger partial charge on any atom is 0.253 e. The predicted octanol–water partition coefficient (Wildman–Crippen LogP) is 1.27. The van der Waals surface area contributed by atoms with E-state index >= 15 is 0 Å². The molecule has 0 radical (unpaired) electrons. The highest BCUT2D eigenvalue weighted by Crippen LogP contribution is 2.36. The number of sulfonamides is 1. The van der Waals surface area contributed by atoms with Crippen molar-refractivity contribution in [3.63, 3.8) is 0 Å². The zero-order chi connectivity index (χ0) is 22.6. The molecule has 0 fully saturated rings. The first-order valence-electron chi connectivity index (χ1n) is 9.34. The van der Waals surface area contributed by atoms with Gasteiger partial charge in [-0.2, -0.15) is 4.31 Å². The molecule has 0 aliphatic carbocycles. The van der Waals surface area contributed by atoms with Gasteiger partial charge in [0.2, 0.25) is 21.8 Å². The van der Waals surface area contributed by atoms with Crippen molar-refractivity contribution in [3.05, 3.63) is 54.1 Å². The number of nitrogens with one attached hydrogen (secondary N) is 3. The van der Waals surface area contributed by atoms with Crippen LogP contribution in [-0.2, 0) is 24.4 Å². The maximum absolute atomic E-state index is 12.5. The fourth-order valence-corrected chi connectivity index (χ4v) is 5.04. The van der Waals surface area contributed by atoms with Crippen molar-refractivity contribution < 1.29 is 22.8 Å². The van der Waals surface area contributed by atoms with Crippen LogP contribution in [0.1, 0.15) is 12.0 Å². The maximum atomic E-state index is 12.5. The number of benzene rings is 2. The third-order valence-electron chi connectivity index (χ3n) is 4.51. The Morgan fingerprint density at radius 1 is 1.06 bits per heavy atom. The molecule has 1 aliphatic rings. The van der Waals surface area contributed by atoms with Gasteiger partial charge in [0.1, 0.15) is 0 Å². The second kappa shape index (κ2) is 9.50. The Morgan fingerprint density at radius 3 is 2.42 bits per heavy atom. The van der Waals surface area contributed by atoms with Crippen molar-refractivity contribution in [3.8, 4) is 0 Å². The highest BCUT2D eigenvalue weighted by atomic mass is 32.2. The SMILES string of the molecule is Cc1ccc(S(=O)(=O)N(C)CC(=O)NNC(=O)CC2Sc3ccccc3NC2=O)cc1. The van der Waals surface area contributed by atoms with Crippen LogP contribution in [0.5, 0.6) is 0 Å². The third-order valence-corrected chi connectivity index (χ3v) is 7.61. The zero-order valence-corrected chi connectivity index (χ0v) is 18.5. The minimum Gasteiger partial charge on any atom is -0.324 e. The van der Waals surface area contributed by atoms with E-state index in [1.807, 2.05) is 19.1 Å². The van der Waals surface area contributed by atoms with E-state index in [4.69, 9.17) is 0 Å². The van der Waals surface area contributed by atoms with E-state index in [2.05, 4.69) is 16.2 Å². The number of carbonyl (C=O) groups excluding carboxylic acids is 3. The van der Waals surface area contributed by atoms with Gasteiger partial charge in [-0.3, -0.25) is 25.2 Å². The summed E-state index contributed by atoms with van der Waals surface area (Å²) in [6, 6.07) is 13.5. The van der Waals surface area contributed by atoms with Gasteiger partial charge in [0, 0.05) is 18.4 Å². The van der Waals surface area contributed by atoms with Crippen LogP contribution < -0.4 is 16.2 Å². The quantitative estimate of drug-likeness (QED) is 0.555. The molecule has 3 rings (SSSR count). The molecule has 3 N–H and O–H groups in total. The summed E-state index contributed by atoms with van der Waals surface area (Å²) in [6.07, 6.45) is -0.150. The van der Waals surface area contributed by atoms with Crippen LogP contribution in [0.4, 0.5) is 5.69 Å². The average Bonchev–Trinajstić information content (AvgIpc) is 2.73. The van der Waals surface area contributed by atoms with E-state index in [1.54, 1.807) is 24.3 Å². The molecule has 9 nitrogen and oxygen atoms in total. The van der Waals surface area contributed by atoms with Crippen LogP contribution in [0.15, 0.2) is 58.3 Å². The van der Waals surface area contributed by atoms with Crippen molar-refractivity contribution in [2.45, 2.75) is 28.4 Å². The van der Waals surface area contributed by atoms with Crippen molar-refractivity contribution in [1.82, 2.24) is 15.2 Å². The Balaban J connectivity index is 1.49. The number of fused-ring (bicyclic) bond motifs is 1. The molecule has 11 heteroatoms. The Kier molecular flexibility index (Phi) is 6.98. The van der Waals surface area contributed by atoms with Gasteiger partial charge in [0.15, 0.2) is 0 Å². The second-order valence-electron chi connectivity index (χ2n) is 6.97. The van der Waals surface area contributed by atoms with Crippen LogP contribution in [0.25, 0.3) is 0 Å². The van der Waals surface area contributed by atoms with Gasteiger partial charge in [-0.25, -0.2) is 8.42 Å². The number of para-hydroxylation sites is 1. The molecule has 164 valence electrons. The first-order chi connectivity index (χ1) is 14.7. The van der Waals surface area contributed by atoms with Crippen LogP contribution in [0.2, 0.25) is 0 Å². The number of hydrogen-bond acceptors (Lipinski definition) is 6. The highest BCUT2D eigenvalue weighted by molar-refractivity contribution is 8.01. The van der Waals surface area contributed by atoms with Crippen molar-refractivity contribution in [2.75, 3.05) is 18.9 Å². The lowest BCUT2D eigenvalue weighted by atomic mass is 10.2. The van der Waals surface area contributed by atoms with E-state index in [0.29, 0.717) is 5.69 Å². The summed E-state index contributed by atoms with van der Waals surface area (Å²) in [4.78, 5) is 37.3. The van der Waals surface area contributed by atoms with Crippen LogP contribution in [0, 0.1) is 6.92 Å². The number of likely N-dealkylation sites (N-methyl/N-ethyl adjacent to an activating group) is 1. The monoisotopic (exact) mass is 462 g/mol. The molecule has 1 aliphatic heterocycles. The third kappa shape index (κ3) is 5.63. The lowest BCUT2D eigenvalue weighted by molar-refractivity contribution is -0.129. The van der Waals surface area contributed by atoms with Crippen molar-refractivity contribution in [1.29, 1.82) is 0 Å². The minimum absolute atomic E-state index is 0.0676. The molecule has 0 bridgehead atoms. The van der Waals surface area contributed by atoms with Gasteiger partial charge in [0.25, 0.3) is 5.91 Å². The van der Waals surface area contributed by atoms with E-state index in [1.165, 1.54) is 30.9 Å². The Morgan fingerprint density at radius 2 is 1.71 bits per heavy atom. The summed E-state index contributed by atoms with van der Waals surface area (Å²) in [7, 11) is -2.57.